The van der Waals surface area contributed by atoms with Crippen LogP contribution >= 0.6 is 0 Å². The maximum absolute atomic E-state index is 12.9. The standard InChI is InChI=1S/C26H33NO4/c1-26(2)17-21(20-12-6-7-13-22(20)31-26)27-24(28)16-15-18-9-8-14-23(29-3)25(18)30-19-10-4-5-11-19/h6-9,12-14,19,21H,4-5,10-11,15-17H2,1-3H3,(H,27,28). The number of hydrogen-bond donors (Lipinski definition) is 1. The zero-order chi connectivity index (χ0) is 21.8. The summed E-state index contributed by atoms with van der Waals surface area (Å²) < 4.78 is 17.9. The van der Waals surface area contributed by atoms with E-state index >= 15 is 0 Å². The summed E-state index contributed by atoms with van der Waals surface area (Å²) in [5.41, 5.74) is 1.75. The lowest BCUT2D eigenvalue weighted by Gasteiger charge is -2.37. The lowest BCUT2D eigenvalue weighted by atomic mass is 9.89. The Bertz CT molecular complexity index is 917. The first kappa shape index (κ1) is 21.5. The molecule has 2 aromatic carbocycles. The van der Waals surface area contributed by atoms with Crippen LogP contribution in [0.3, 0.4) is 0 Å². The van der Waals surface area contributed by atoms with Gasteiger partial charge in [-0.25, -0.2) is 0 Å². The van der Waals surface area contributed by atoms with Crippen molar-refractivity contribution in [2.24, 2.45) is 0 Å². The van der Waals surface area contributed by atoms with Crippen molar-refractivity contribution < 1.29 is 19.0 Å². The third kappa shape index (κ3) is 5.15. The molecule has 1 saturated carbocycles. The van der Waals surface area contributed by atoms with Gasteiger partial charge in [0.25, 0.3) is 0 Å². The number of para-hydroxylation sites is 2. The van der Waals surface area contributed by atoms with Gasteiger partial charge in [-0.3, -0.25) is 4.79 Å². The van der Waals surface area contributed by atoms with Crippen molar-refractivity contribution >= 4 is 5.91 Å². The molecule has 0 aromatic heterocycles. The summed E-state index contributed by atoms with van der Waals surface area (Å²) in [4.78, 5) is 12.9. The molecular formula is C26H33NO4. The first-order chi connectivity index (χ1) is 14.9. The molecule has 166 valence electrons. The van der Waals surface area contributed by atoms with E-state index < -0.39 is 0 Å². The van der Waals surface area contributed by atoms with Gasteiger partial charge in [0.05, 0.1) is 19.3 Å². The number of fused-ring (bicyclic) bond motifs is 1. The highest BCUT2D eigenvalue weighted by Crippen LogP contribution is 2.39. The van der Waals surface area contributed by atoms with E-state index in [1.165, 1.54) is 12.8 Å². The number of nitrogens with one attached hydrogen (secondary N) is 1. The summed E-state index contributed by atoms with van der Waals surface area (Å²) in [7, 11) is 1.66. The molecule has 2 aromatic rings. The molecule has 1 N–H and O–H groups in total. The van der Waals surface area contributed by atoms with Gasteiger partial charge in [-0.2, -0.15) is 0 Å². The maximum atomic E-state index is 12.9. The Hall–Kier alpha value is -2.69. The minimum Gasteiger partial charge on any atom is -0.493 e. The summed E-state index contributed by atoms with van der Waals surface area (Å²) in [6.45, 7) is 4.12. The van der Waals surface area contributed by atoms with Crippen molar-refractivity contribution in [3.63, 3.8) is 0 Å². The smallest absolute Gasteiger partial charge is 0.220 e. The zero-order valence-corrected chi connectivity index (χ0v) is 18.8. The molecule has 1 aliphatic carbocycles. The first-order valence-electron chi connectivity index (χ1n) is 11.3. The van der Waals surface area contributed by atoms with Crippen molar-refractivity contribution in [2.45, 2.75) is 76.5 Å². The summed E-state index contributed by atoms with van der Waals surface area (Å²) in [6.07, 6.45) is 6.57. The number of carbonyl (C=O) groups excluding carboxylic acids is 1. The van der Waals surface area contributed by atoms with Crippen LogP contribution in [0.4, 0.5) is 0 Å². The number of ether oxygens (including phenoxy) is 3. The third-order valence-electron chi connectivity index (χ3n) is 6.20. The number of rotatable bonds is 7. The molecule has 1 atom stereocenters. The number of benzene rings is 2. The Labute approximate surface area is 185 Å². The molecule has 2 aliphatic rings. The molecule has 1 fully saturated rings. The predicted octanol–water partition coefficient (Wildman–Crippen LogP) is 5.37. The number of aryl methyl sites for hydroxylation is 1. The molecule has 0 saturated heterocycles. The molecular weight excluding hydrogens is 390 g/mol. The Balaban J connectivity index is 1.43. The van der Waals surface area contributed by atoms with E-state index in [4.69, 9.17) is 14.2 Å². The van der Waals surface area contributed by atoms with Gasteiger partial charge in [-0.15, -0.1) is 0 Å². The Morgan fingerprint density at radius 3 is 2.68 bits per heavy atom. The fourth-order valence-electron chi connectivity index (χ4n) is 4.67. The summed E-state index contributed by atoms with van der Waals surface area (Å²) in [5, 5.41) is 3.23. The van der Waals surface area contributed by atoms with Crippen LogP contribution in [0.15, 0.2) is 42.5 Å². The van der Waals surface area contributed by atoms with Gasteiger partial charge in [-0.1, -0.05) is 30.3 Å². The lowest BCUT2D eigenvalue weighted by molar-refractivity contribution is -0.122. The average Bonchev–Trinajstić information content (AvgIpc) is 3.25. The third-order valence-corrected chi connectivity index (χ3v) is 6.20. The molecule has 4 rings (SSSR count). The molecule has 5 nitrogen and oxygen atoms in total. The fourth-order valence-corrected chi connectivity index (χ4v) is 4.67. The van der Waals surface area contributed by atoms with Crippen molar-refractivity contribution in [3.8, 4) is 17.2 Å². The summed E-state index contributed by atoms with van der Waals surface area (Å²) >= 11 is 0. The minimum absolute atomic E-state index is 0.0344. The lowest BCUT2D eigenvalue weighted by Crippen LogP contribution is -2.41. The number of amides is 1. The molecule has 1 aliphatic heterocycles. The van der Waals surface area contributed by atoms with Gasteiger partial charge >= 0.3 is 0 Å². The molecule has 1 amide bonds. The molecule has 0 spiro atoms. The van der Waals surface area contributed by atoms with Crippen LogP contribution in [0, 0.1) is 0 Å². The van der Waals surface area contributed by atoms with Crippen LogP contribution in [-0.2, 0) is 11.2 Å². The van der Waals surface area contributed by atoms with Crippen molar-refractivity contribution in [3.05, 3.63) is 53.6 Å². The van der Waals surface area contributed by atoms with Gasteiger partial charge in [0, 0.05) is 18.4 Å². The van der Waals surface area contributed by atoms with Gasteiger partial charge in [-0.05, 0) is 63.6 Å². The van der Waals surface area contributed by atoms with E-state index in [1.54, 1.807) is 7.11 Å². The first-order valence-corrected chi connectivity index (χ1v) is 11.3. The summed E-state index contributed by atoms with van der Waals surface area (Å²) in [5.74, 6) is 2.42. The molecule has 1 unspecified atom stereocenters. The van der Waals surface area contributed by atoms with Crippen LogP contribution in [-0.4, -0.2) is 24.7 Å². The molecule has 0 radical (unpaired) electrons. The second kappa shape index (κ2) is 9.21. The summed E-state index contributed by atoms with van der Waals surface area (Å²) in [6, 6.07) is 13.8. The van der Waals surface area contributed by atoms with E-state index in [0.29, 0.717) is 12.8 Å². The Kier molecular flexibility index (Phi) is 6.40. The van der Waals surface area contributed by atoms with Gasteiger partial charge in [0.15, 0.2) is 11.5 Å². The normalized spacial score (nSPS) is 19.9. The SMILES string of the molecule is COc1cccc(CCC(=O)NC2CC(C)(C)Oc3ccccc32)c1OC1CCCC1. The number of carbonyl (C=O) groups is 1. The number of methoxy groups -OCH3 is 1. The van der Waals surface area contributed by atoms with Crippen LogP contribution in [0.2, 0.25) is 0 Å². The highest BCUT2D eigenvalue weighted by molar-refractivity contribution is 5.77. The quantitative estimate of drug-likeness (QED) is 0.651. The highest BCUT2D eigenvalue weighted by Gasteiger charge is 2.34. The minimum atomic E-state index is -0.318. The van der Waals surface area contributed by atoms with Crippen LogP contribution in [0.25, 0.3) is 0 Å². The van der Waals surface area contributed by atoms with Crippen LogP contribution in [0.5, 0.6) is 17.2 Å². The van der Waals surface area contributed by atoms with E-state index in [9.17, 15) is 4.79 Å². The Morgan fingerprint density at radius 2 is 1.90 bits per heavy atom. The van der Waals surface area contributed by atoms with E-state index in [-0.39, 0.29) is 23.7 Å². The largest absolute Gasteiger partial charge is 0.493 e. The second-order valence-corrected chi connectivity index (χ2v) is 9.20. The van der Waals surface area contributed by atoms with Gasteiger partial charge in [0.1, 0.15) is 11.4 Å². The molecule has 5 heteroatoms. The highest BCUT2D eigenvalue weighted by atomic mass is 16.5. The fraction of sp³-hybridized carbons (Fsp3) is 0.500. The van der Waals surface area contributed by atoms with Gasteiger partial charge < -0.3 is 19.5 Å². The van der Waals surface area contributed by atoms with E-state index in [1.807, 2.05) is 42.5 Å². The molecule has 0 bridgehead atoms. The van der Waals surface area contributed by atoms with Crippen molar-refractivity contribution in [1.29, 1.82) is 0 Å². The monoisotopic (exact) mass is 423 g/mol. The molecule has 1 heterocycles. The predicted molar refractivity (Wildman–Crippen MR) is 121 cm³/mol. The average molecular weight is 424 g/mol. The van der Waals surface area contributed by atoms with E-state index in [2.05, 4.69) is 19.2 Å². The zero-order valence-electron chi connectivity index (χ0n) is 18.8. The van der Waals surface area contributed by atoms with Crippen molar-refractivity contribution in [2.75, 3.05) is 7.11 Å². The number of hydrogen-bond acceptors (Lipinski definition) is 4. The van der Waals surface area contributed by atoms with Gasteiger partial charge in [0.2, 0.25) is 5.91 Å². The van der Waals surface area contributed by atoms with Crippen LogP contribution in [0.1, 0.15) is 69.5 Å². The van der Waals surface area contributed by atoms with Crippen LogP contribution < -0.4 is 19.5 Å². The second-order valence-electron chi connectivity index (χ2n) is 9.20. The Morgan fingerprint density at radius 1 is 1.13 bits per heavy atom. The molecule has 31 heavy (non-hydrogen) atoms. The topological polar surface area (TPSA) is 56.8 Å². The van der Waals surface area contributed by atoms with E-state index in [0.717, 1.165) is 47.6 Å². The van der Waals surface area contributed by atoms with Crippen molar-refractivity contribution in [1.82, 2.24) is 5.32 Å². The maximum Gasteiger partial charge on any atom is 0.220 e.